The topological polar surface area (TPSA) is 240 Å². The van der Waals surface area contributed by atoms with E-state index in [1.807, 2.05) is 0 Å². The van der Waals surface area contributed by atoms with Gasteiger partial charge in [-0.25, -0.2) is 53.0 Å². The Labute approximate surface area is 352 Å². The van der Waals surface area contributed by atoms with Crippen molar-refractivity contribution in [2.45, 2.75) is 37.8 Å². The van der Waals surface area contributed by atoms with Crippen LogP contribution in [0.25, 0.3) is 44.6 Å². The fourth-order valence-corrected chi connectivity index (χ4v) is 8.51. The second-order valence-corrected chi connectivity index (χ2v) is 18.3. The molecule has 0 bridgehead atoms. The summed E-state index contributed by atoms with van der Waals surface area (Å²) in [7, 11) is -3.44. The number of fused-ring (bicyclic) bond motifs is 2. The van der Waals surface area contributed by atoms with Crippen LogP contribution in [-0.4, -0.2) is 131 Å². The van der Waals surface area contributed by atoms with E-state index in [0.717, 1.165) is 25.0 Å². The number of hydrogen-bond donors (Lipinski definition) is 4. The number of sulfonamides is 2. The highest BCUT2D eigenvalue weighted by molar-refractivity contribution is 7.88. The third kappa shape index (κ3) is 10.4. The smallest absolute Gasteiger partial charge is 0.224 e. The Bertz CT molecular complexity index is 2750. The Morgan fingerprint density at radius 3 is 1.62 bits per heavy atom. The molecular formula is C36H41ClF4N12O6S2. The molecule has 0 atom stereocenters. The first kappa shape index (κ1) is 45.3. The van der Waals surface area contributed by atoms with Crippen LogP contribution in [-0.2, 0) is 20.0 Å². The van der Waals surface area contributed by atoms with E-state index in [-0.39, 0.29) is 62.7 Å². The highest BCUT2D eigenvalue weighted by atomic mass is 35.5. The van der Waals surface area contributed by atoms with Gasteiger partial charge >= 0.3 is 0 Å². The molecule has 2 aliphatic heterocycles. The van der Waals surface area contributed by atoms with Gasteiger partial charge < -0.3 is 20.5 Å². The predicted octanol–water partition coefficient (Wildman–Crippen LogP) is 4.47. The molecule has 6 aromatic rings. The second kappa shape index (κ2) is 18.8. The van der Waals surface area contributed by atoms with Crippen LogP contribution in [0.4, 0.5) is 23.5 Å². The van der Waals surface area contributed by atoms with Crippen LogP contribution in [0.3, 0.4) is 0 Å². The number of rotatable bonds is 8. The molecule has 2 saturated heterocycles. The van der Waals surface area contributed by atoms with Gasteiger partial charge in [0.2, 0.25) is 31.3 Å². The summed E-state index contributed by atoms with van der Waals surface area (Å²) in [4.78, 5) is 16.3. The number of nitrogens with zero attached hydrogens (tertiary/aromatic N) is 8. The number of aromatic amines is 2. The normalized spacial score (nSPS) is 15.8. The Morgan fingerprint density at radius 1 is 0.721 bits per heavy atom. The second-order valence-electron chi connectivity index (χ2n) is 14.0. The number of hydrogen-bond acceptors (Lipinski definition) is 14. The number of nitrogens with one attached hydrogen (secondary N) is 3. The van der Waals surface area contributed by atoms with Gasteiger partial charge in [0.1, 0.15) is 11.5 Å². The molecule has 18 nitrogen and oxygen atoms in total. The molecule has 328 valence electrons. The van der Waals surface area contributed by atoms with E-state index in [2.05, 4.69) is 45.6 Å². The van der Waals surface area contributed by atoms with Crippen LogP contribution in [0.1, 0.15) is 25.7 Å². The van der Waals surface area contributed by atoms with Gasteiger partial charge in [-0.2, -0.15) is 20.2 Å². The predicted molar refractivity (Wildman–Crippen MR) is 219 cm³/mol. The Morgan fingerprint density at radius 2 is 1.16 bits per heavy atom. The van der Waals surface area contributed by atoms with E-state index in [1.54, 1.807) is 0 Å². The van der Waals surface area contributed by atoms with Crippen LogP contribution < -0.4 is 20.5 Å². The van der Waals surface area contributed by atoms with Crippen molar-refractivity contribution in [1.29, 1.82) is 0 Å². The average Bonchev–Trinajstić information content (AvgIpc) is 3.83. The molecule has 25 heteroatoms. The van der Waals surface area contributed by atoms with E-state index >= 15 is 0 Å². The number of nitrogens with two attached hydrogens (primary N) is 1. The van der Waals surface area contributed by atoms with Gasteiger partial charge in [-0.1, -0.05) is 0 Å². The Hall–Kier alpha value is -5.27. The van der Waals surface area contributed by atoms with Gasteiger partial charge in [0.05, 0.1) is 60.0 Å². The van der Waals surface area contributed by atoms with Crippen molar-refractivity contribution in [2.24, 2.45) is 5.73 Å². The van der Waals surface area contributed by atoms with Crippen molar-refractivity contribution in [3.05, 3.63) is 65.2 Å². The molecule has 0 radical (unpaired) electrons. The quantitative estimate of drug-likeness (QED) is 0.122. The molecule has 2 aromatic carbocycles. The molecule has 8 rings (SSSR count). The van der Waals surface area contributed by atoms with Crippen molar-refractivity contribution in [3.63, 3.8) is 0 Å². The number of halogens is 5. The molecule has 0 saturated carbocycles. The number of piperidine rings is 2. The molecule has 2 fully saturated rings. The molecule has 6 heterocycles. The average molecular weight is 913 g/mol. The van der Waals surface area contributed by atoms with Crippen LogP contribution in [0.5, 0.6) is 11.5 Å². The summed E-state index contributed by atoms with van der Waals surface area (Å²) in [5, 5.41) is 17.3. The molecule has 5 N–H and O–H groups in total. The summed E-state index contributed by atoms with van der Waals surface area (Å²) in [5.41, 5.74) is 6.44. The zero-order valence-corrected chi connectivity index (χ0v) is 35.5. The fraction of sp³-hybridized carbons (Fsp3) is 0.389. The largest absolute Gasteiger partial charge is 0.496 e. The van der Waals surface area contributed by atoms with Crippen molar-refractivity contribution < 1.29 is 43.9 Å². The van der Waals surface area contributed by atoms with E-state index < -0.39 is 43.3 Å². The SMILES string of the molecule is COc1ccc(F)c(F)c1-c1[nH]nc2nc(Cl)ncc12.COc1ccc(F)c(F)c1-c1[nH]nc2nc(NC3CCN(S(C)(=O)=O)CC3)ncc12.CS(=O)(=O)N1CCC(N)CC1. The lowest BCUT2D eigenvalue weighted by Crippen LogP contribution is -2.42. The number of anilines is 1. The minimum Gasteiger partial charge on any atom is -0.496 e. The lowest BCUT2D eigenvalue weighted by atomic mass is 10.1. The number of aromatic nitrogens is 8. The molecular weight excluding hydrogens is 872 g/mol. The van der Waals surface area contributed by atoms with Gasteiger partial charge in [-0.05, 0) is 61.5 Å². The summed E-state index contributed by atoms with van der Waals surface area (Å²) in [6.45, 7) is 2.01. The van der Waals surface area contributed by atoms with E-state index in [4.69, 9.17) is 26.8 Å². The van der Waals surface area contributed by atoms with Gasteiger partial charge in [0.25, 0.3) is 0 Å². The summed E-state index contributed by atoms with van der Waals surface area (Å²) in [5.74, 6) is -3.44. The summed E-state index contributed by atoms with van der Waals surface area (Å²) in [6.07, 6.45) is 8.09. The lowest BCUT2D eigenvalue weighted by Gasteiger charge is -2.30. The first-order chi connectivity index (χ1) is 28.9. The molecule has 61 heavy (non-hydrogen) atoms. The van der Waals surface area contributed by atoms with E-state index in [1.165, 1.54) is 59.9 Å². The van der Waals surface area contributed by atoms with Gasteiger partial charge in [0.15, 0.2) is 34.6 Å². The molecule has 0 amide bonds. The zero-order valence-electron chi connectivity index (χ0n) is 33.1. The third-order valence-electron chi connectivity index (χ3n) is 9.87. The van der Waals surface area contributed by atoms with Gasteiger partial charge in [-0.15, -0.1) is 0 Å². The minimum absolute atomic E-state index is 0.0135. The molecule has 0 spiro atoms. The summed E-state index contributed by atoms with van der Waals surface area (Å²) >= 11 is 5.65. The number of benzene rings is 2. The number of methoxy groups -OCH3 is 2. The van der Waals surface area contributed by atoms with Crippen LogP contribution in [0.2, 0.25) is 5.28 Å². The summed E-state index contributed by atoms with van der Waals surface area (Å²) in [6, 6.07) is 4.85. The monoisotopic (exact) mass is 912 g/mol. The van der Waals surface area contributed by atoms with Crippen molar-refractivity contribution in [1.82, 2.24) is 48.9 Å². The molecule has 4 aromatic heterocycles. The zero-order chi connectivity index (χ0) is 44.2. The Balaban J connectivity index is 0.000000172. The van der Waals surface area contributed by atoms with Gasteiger partial charge in [0, 0.05) is 50.7 Å². The van der Waals surface area contributed by atoms with Crippen LogP contribution in [0.15, 0.2) is 36.7 Å². The lowest BCUT2D eigenvalue weighted by molar-refractivity contribution is 0.322. The standard InChI is InChI=1S/C18H20F2N6O3S.C12H7ClF2N4O.C6H14N2O2S/c1-29-13-4-3-12(19)15(20)14(13)16-11-9-21-18(23-17(11)25-24-16)22-10-5-7-26(8-6-10)30(2,27)28;1-20-7-3-2-6(14)9(15)8(7)10-5-4-16-12(13)17-11(5)19-18-10;1-11(9,10)8-4-2-6(7)3-5-8/h3-4,9-10H,5-8H2,1-2H3,(H2,21,22,23,24,25);2-4H,1H3,(H,16,17,18,19);6H,2-5,7H2,1H3. The summed E-state index contributed by atoms with van der Waals surface area (Å²) < 4.78 is 114. The highest BCUT2D eigenvalue weighted by Crippen LogP contribution is 2.37. The highest BCUT2D eigenvalue weighted by Gasteiger charge is 2.27. The third-order valence-corrected chi connectivity index (χ3v) is 12.7. The number of ether oxygens (including phenoxy) is 2. The van der Waals surface area contributed by atoms with Crippen molar-refractivity contribution in [3.8, 4) is 34.0 Å². The molecule has 0 unspecified atom stereocenters. The van der Waals surface area contributed by atoms with E-state index in [0.29, 0.717) is 55.7 Å². The Kier molecular flexibility index (Phi) is 13.9. The first-order valence-corrected chi connectivity index (χ1v) is 22.5. The molecule has 0 aliphatic carbocycles. The first-order valence-electron chi connectivity index (χ1n) is 18.4. The van der Waals surface area contributed by atoms with E-state index in [9.17, 15) is 34.4 Å². The van der Waals surface area contributed by atoms with Crippen LogP contribution in [0, 0.1) is 23.3 Å². The maximum atomic E-state index is 14.4. The van der Waals surface area contributed by atoms with Crippen molar-refractivity contribution in [2.75, 3.05) is 58.2 Å². The van der Waals surface area contributed by atoms with Crippen molar-refractivity contribution >= 4 is 59.7 Å². The maximum Gasteiger partial charge on any atom is 0.224 e. The van der Waals surface area contributed by atoms with Crippen LogP contribution >= 0.6 is 11.6 Å². The van der Waals surface area contributed by atoms with Gasteiger partial charge in [-0.3, -0.25) is 10.2 Å². The minimum atomic E-state index is -3.19. The maximum absolute atomic E-state index is 14.4. The molecule has 2 aliphatic rings. The number of H-pyrrole nitrogens is 2. The fourth-order valence-electron chi connectivity index (χ4n) is 6.63.